The summed E-state index contributed by atoms with van der Waals surface area (Å²) in [7, 11) is 1.32. The van der Waals surface area contributed by atoms with Gasteiger partial charge in [0.1, 0.15) is 12.8 Å². The van der Waals surface area contributed by atoms with E-state index in [9.17, 15) is 18.0 Å². The first-order chi connectivity index (χ1) is 12.1. The van der Waals surface area contributed by atoms with Gasteiger partial charge in [-0.25, -0.2) is 9.97 Å². The molecule has 0 radical (unpaired) electrons. The lowest BCUT2D eigenvalue weighted by Gasteiger charge is -2.14. The zero-order chi connectivity index (χ0) is 19.5. The monoisotopic (exact) mass is 366 g/mol. The molecule has 0 aliphatic carbocycles. The molecule has 2 rings (SSSR count). The highest BCUT2D eigenvalue weighted by Gasteiger charge is 2.35. The van der Waals surface area contributed by atoms with Gasteiger partial charge in [-0.05, 0) is 38.0 Å². The maximum absolute atomic E-state index is 13.1. The van der Waals surface area contributed by atoms with Crippen molar-refractivity contribution in [3.63, 3.8) is 0 Å². The van der Waals surface area contributed by atoms with Crippen LogP contribution in [0.4, 0.5) is 18.9 Å². The molecule has 1 amide bonds. The molecule has 26 heavy (non-hydrogen) atoms. The van der Waals surface area contributed by atoms with E-state index < -0.39 is 17.8 Å². The Kier molecular flexibility index (Phi) is 5.59. The molecule has 0 saturated carbocycles. The number of aromatic nitrogens is 2. The molecule has 0 saturated heterocycles. The van der Waals surface area contributed by atoms with Crippen molar-refractivity contribution in [2.75, 3.05) is 12.4 Å². The third kappa shape index (κ3) is 4.16. The van der Waals surface area contributed by atoms with Gasteiger partial charge in [0, 0.05) is 17.4 Å². The minimum Gasteiger partial charge on any atom is -0.399 e. The Morgan fingerprint density at radius 2 is 1.96 bits per heavy atom. The number of anilines is 1. The number of amides is 1. The molecular formula is C17H17F3N4O2. The molecule has 0 atom stereocenters. The fraction of sp³-hybridized carbons (Fsp3) is 0.294. The predicted octanol–water partition coefficient (Wildman–Crippen LogP) is 3.74. The van der Waals surface area contributed by atoms with E-state index in [4.69, 9.17) is 0 Å². The quantitative estimate of drug-likeness (QED) is 0.661. The summed E-state index contributed by atoms with van der Waals surface area (Å²) in [6, 6.07) is 4.80. The minimum atomic E-state index is -4.57. The van der Waals surface area contributed by atoms with Crippen LogP contribution in [0, 0.1) is 13.8 Å². The van der Waals surface area contributed by atoms with Crippen molar-refractivity contribution in [2.45, 2.75) is 26.9 Å². The summed E-state index contributed by atoms with van der Waals surface area (Å²) in [4.78, 5) is 24.2. The number of hydrogen-bond donors (Lipinski definition) is 1. The number of carbonyl (C=O) groups is 1. The summed E-state index contributed by atoms with van der Waals surface area (Å²) in [6.45, 7) is 4.43. The zero-order valence-electron chi connectivity index (χ0n) is 14.6. The summed E-state index contributed by atoms with van der Waals surface area (Å²) < 4.78 is 39.3. The SMILES string of the molecule is CO/N=C(\C)C(=O)Nc1cccc(-c2ncc(C)c(C(F)(F)F)n2)c1C. The predicted molar refractivity (Wildman–Crippen MR) is 90.7 cm³/mol. The van der Waals surface area contributed by atoms with Crippen molar-refractivity contribution in [1.82, 2.24) is 9.97 Å². The average molecular weight is 366 g/mol. The standard InChI is InChI=1S/C17H17F3N4O2/c1-9-8-21-15(23-14(9)17(18,19)20)12-6-5-7-13(10(12)2)22-16(25)11(3)24-26-4/h5-8H,1-4H3,(H,22,25)/b24-11+. The number of alkyl halides is 3. The molecule has 1 heterocycles. The van der Waals surface area contributed by atoms with Crippen LogP contribution in [-0.4, -0.2) is 28.7 Å². The van der Waals surface area contributed by atoms with E-state index in [1.807, 2.05) is 0 Å². The molecule has 1 N–H and O–H groups in total. The van der Waals surface area contributed by atoms with E-state index in [-0.39, 0.29) is 17.1 Å². The van der Waals surface area contributed by atoms with Crippen LogP contribution in [0.5, 0.6) is 0 Å². The number of halogens is 3. The normalized spacial score (nSPS) is 12.0. The van der Waals surface area contributed by atoms with Crippen molar-refractivity contribution >= 4 is 17.3 Å². The molecule has 1 aromatic heterocycles. The van der Waals surface area contributed by atoms with E-state index >= 15 is 0 Å². The van der Waals surface area contributed by atoms with Crippen LogP contribution in [-0.2, 0) is 15.8 Å². The lowest BCUT2D eigenvalue weighted by molar-refractivity contribution is -0.141. The van der Waals surface area contributed by atoms with Crippen molar-refractivity contribution in [1.29, 1.82) is 0 Å². The maximum Gasteiger partial charge on any atom is 0.433 e. The van der Waals surface area contributed by atoms with Gasteiger partial charge in [-0.15, -0.1) is 0 Å². The molecule has 0 fully saturated rings. The Morgan fingerprint density at radius 1 is 1.27 bits per heavy atom. The number of oxime groups is 1. The summed E-state index contributed by atoms with van der Waals surface area (Å²) in [5, 5.41) is 6.17. The highest BCUT2D eigenvalue weighted by molar-refractivity contribution is 6.42. The molecule has 2 aromatic rings. The number of rotatable bonds is 4. The summed E-state index contributed by atoms with van der Waals surface area (Å²) in [6.07, 6.45) is -3.44. The van der Waals surface area contributed by atoms with Gasteiger partial charge < -0.3 is 10.2 Å². The molecule has 0 aliphatic rings. The average Bonchev–Trinajstić information content (AvgIpc) is 2.56. The van der Waals surface area contributed by atoms with Gasteiger partial charge in [-0.1, -0.05) is 17.3 Å². The minimum absolute atomic E-state index is 0.0604. The van der Waals surface area contributed by atoms with E-state index in [1.54, 1.807) is 25.1 Å². The lowest BCUT2D eigenvalue weighted by atomic mass is 10.1. The van der Waals surface area contributed by atoms with Gasteiger partial charge in [-0.3, -0.25) is 4.79 Å². The summed E-state index contributed by atoms with van der Waals surface area (Å²) >= 11 is 0. The van der Waals surface area contributed by atoms with Gasteiger partial charge >= 0.3 is 6.18 Å². The second-order valence-corrected chi connectivity index (χ2v) is 5.51. The van der Waals surface area contributed by atoms with Crippen LogP contribution in [0.15, 0.2) is 29.6 Å². The molecule has 1 aromatic carbocycles. The highest BCUT2D eigenvalue weighted by Crippen LogP contribution is 2.32. The van der Waals surface area contributed by atoms with Crippen LogP contribution in [0.2, 0.25) is 0 Å². The van der Waals surface area contributed by atoms with Crippen molar-refractivity contribution < 1.29 is 22.8 Å². The summed E-state index contributed by atoms with van der Waals surface area (Å²) in [5.74, 6) is -0.563. The highest BCUT2D eigenvalue weighted by atomic mass is 19.4. The second kappa shape index (κ2) is 7.51. The third-order valence-corrected chi connectivity index (χ3v) is 3.62. The smallest absolute Gasteiger partial charge is 0.399 e. The van der Waals surface area contributed by atoms with Crippen LogP contribution >= 0.6 is 0 Å². The Hall–Kier alpha value is -2.97. The van der Waals surface area contributed by atoms with Gasteiger partial charge in [0.05, 0.1) is 0 Å². The van der Waals surface area contributed by atoms with E-state index in [1.165, 1.54) is 21.0 Å². The van der Waals surface area contributed by atoms with Gasteiger partial charge in [-0.2, -0.15) is 13.2 Å². The Labute approximate surface area is 148 Å². The van der Waals surface area contributed by atoms with Crippen LogP contribution < -0.4 is 5.32 Å². The van der Waals surface area contributed by atoms with Crippen LogP contribution in [0.1, 0.15) is 23.7 Å². The topological polar surface area (TPSA) is 76.5 Å². The molecule has 6 nitrogen and oxygen atoms in total. The molecular weight excluding hydrogens is 349 g/mol. The van der Waals surface area contributed by atoms with Crippen molar-refractivity contribution in [3.05, 3.63) is 41.2 Å². The van der Waals surface area contributed by atoms with Crippen LogP contribution in [0.3, 0.4) is 0 Å². The third-order valence-electron chi connectivity index (χ3n) is 3.62. The van der Waals surface area contributed by atoms with Gasteiger partial charge in [0.15, 0.2) is 11.5 Å². The number of benzene rings is 1. The van der Waals surface area contributed by atoms with Crippen molar-refractivity contribution in [3.8, 4) is 11.4 Å². The molecule has 0 spiro atoms. The number of carbonyl (C=O) groups excluding carboxylic acids is 1. The lowest BCUT2D eigenvalue weighted by Crippen LogP contribution is -2.21. The molecule has 0 unspecified atom stereocenters. The number of nitrogens with one attached hydrogen (secondary N) is 1. The zero-order valence-corrected chi connectivity index (χ0v) is 14.6. The number of nitrogens with zero attached hydrogens (tertiary/aromatic N) is 3. The first kappa shape index (κ1) is 19.4. The Balaban J connectivity index is 2.44. The summed E-state index contributed by atoms with van der Waals surface area (Å²) in [5.41, 5.74) is 0.381. The molecule has 138 valence electrons. The van der Waals surface area contributed by atoms with E-state index in [2.05, 4.69) is 25.3 Å². The maximum atomic E-state index is 13.1. The first-order valence-electron chi connectivity index (χ1n) is 7.55. The molecule has 0 bridgehead atoms. The van der Waals surface area contributed by atoms with Crippen molar-refractivity contribution in [2.24, 2.45) is 5.16 Å². The first-order valence-corrected chi connectivity index (χ1v) is 7.55. The van der Waals surface area contributed by atoms with Gasteiger partial charge in [0.2, 0.25) is 0 Å². The largest absolute Gasteiger partial charge is 0.433 e. The van der Waals surface area contributed by atoms with E-state index in [0.717, 1.165) is 6.20 Å². The molecule has 0 aliphatic heterocycles. The van der Waals surface area contributed by atoms with Gasteiger partial charge in [0.25, 0.3) is 5.91 Å². The Morgan fingerprint density at radius 3 is 2.58 bits per heavy atom. The fourth-order valence-electron chi connectivity index (χ4n) is 2.26. The second-order valence-electron chi connectivity index (χ2n) is 5.51. The van der Waals surface area contributed by atoms with E-state index in [0.29, 0.717) is 16.8 Å². The number of aryl methyl sites for hydroxylation is 1. The molecule has 9 heteroatoms. The fourth-order valence-corrected chi connectivity index (χ4v) is 2.26. The Bertz CT molecular complexity index is 864. The van der Waals surface area contributed by atoms with Crippen LogP contribution in [0.25, 0.3) is 11.4 Å². The number of hydrogen-bond acceptors (Lipinski definition) is 5.